The zero-order chi connectivity index (χ0) is 29.0. The molecule has 2 saturated heterocycles. The van der Waals surface area contributed by atoms with Crippen LogP contribution >= 0.6 is 0 Å². The molecular weight excluding hydrogens is 546 g/mol. The molecule has 2 aliphatic rings. The maximum absolute atomic E-state index is 13.4. The van der Waals surface area contributed by atoms with Crippen LogP contribution in [0.1, 0.15) is 48.9 Å². The highest BCUT2D eigenvalue weighted by Gasteiger charge is 2.71. The van der Waals surface area contributed by atoms with Crippen LogP contribution in [0.15, 0.2) is 36.4 Å². The topological polar surface area (TPSA) is 60.9 Å². The molecule has 2 atom stereocenters. The molecule has 1 N–H and O–H groups in total. The van der Waals surface area contributed by atoms with Gasteiger partial charge in [-0.1, -0.05) is 50.2 Å². The molecule has 2 bridgehead atoms. The molecule has 0 saturated carbocycles. The quantitative estimate of drug-likeness (QED) is 0.447. The van der Waals surface area contributed by atoms with Gasteiger partial charge < -0.3 is 5.11 Å². The fourth-order valence-electron chi connectivity index (χ4n) is 6.04. The van der Waals surface area contributed by atoms with Crippen LogP contribution in [-0.4, -0.2) is 66.5 Å². The number of aliphatic hydroxyl groups is 1. The van der Waals surface area contributed by atoms with Crippen molar-refractivity contribution in [3.63, 3.8) is 0 Å². The molecule has 12 heteroatoms. The molecule has 0 amide bonds. The van der Waals surface area contributed by atoms with Gasteiger partial charge in [-0.25, -0.2) is 8.42 Å². The Bertz CT molecular complexity index is 1300. The summed E-state index contributed by atoms with van der Waals surface area (Å²) in [5.41, 5.74) is -2.89. The molecule has 0 spiro atoms. The fraction of sp³-hybridized carbons (Fsp3) is 0.556. The summed E-state index contributed by atoms with van der Waals surface area (Å²) < 4.78 is 107. The number of alkyl halides is 6. The van der Waals surface area contributed by atoms with Crippen molar-refractivity contribution >= 4 is 10.0 Å². The summed E-state index contributed by atoms with van der Waals surface area (Å²) in [7, 11) is -3.27. The lowest BCUT2D eigenvalue weighted by Gasteiger charge is -2.39. The van der Waals surface area contributed by atoms with E-state index < -0.39 is 33.5 Å². The number of benzene rings is 2. The van der Waals surface area contributed by atoms with Crippen molar-refractivity contribution in [1.82, 2.24) is 9.21 Å². The Morgan fingerprint density at radius 3 is 1.79 bits per heavy atom. The Labute approximate surface area is 224 Å². The molecule has 2 heterocycles. The summed E-state index contributed by atoms with van der Waals surface area (Å²) in [6.45, 7) is 5.39. The normalized spacial score (nSPS) is 21.5. The van der Waals surface area contributed by atoms with Crippen molar-refractivity contribution in [2.75, 3.05) is 19.3 Å². The van der Waals surface area contributed by atoms with Crippen molar-refractivity contribution < 1.29 is 39.9 Å². The largest absolute Gasteiger partial charge is 0.430 e. The van der Waals surface area contributed by atoms with E-state index in [1.54, 1.807) is 11.2 Å². The van der Waals surface area contributed by atoms with Gasteiger partial charge in [-0.2, -0.15) is 30.6 Å². The monoisotopic (exact) mass is 578 g/mol. The van der Waals surface area contributed by atoms with Crippen LogP contribution in [0.2, 0.25) is 0 Å². The second-order valence-electron chi connectivity index (χ2n) is 10.4. The zero-order valence-electron chi connectivity index (χ0n) is 21.9. The van der Waals surface area contributed by atoms with Gasteiger partial charge in [0.1, 0.15) is 0 Å². The van der Waals surface area contributed by atoms with Crippen LogP contribution in [0.5, 0.6) is 0 Å². The van der Waals surface area contributed by atoms with Gasteiger partial charge in [0, 0.05) is 37.3 Å². The van der Waals surface area contributed by atoms with Crippen LogP contribution in [0.25, 0.3) is 11.1 Å². The molecule has 2 aliphatic heterocycles. The third-order valence-corrected chi connectivity index (χ3v) is 9.21. The number of hydrogen-bond donors (Lipinski definition) is 1. The number of fused-ring (bicyclic) bond motifs is 2. The van der Waals surface area contributed by atoms with Crippen molar-refractivity contribution in [3.8, 4) is 11.1 Å². The van der Waals surface area contributed by atoms with E-state index >= 15 is 0 Å². The second-order valence-corrected chi connectivity index (χ2v) is 12.3. The van der Waals surface area contributed by atoms with Gasteiger partial charge >= 0.3 is 12.4 Å². The summed E-state index contributed by atoms with van der Waals surface area (Å²) in [6, 6.07) is 8.28. The van der Waals surface area contributed by atoms with E-state index in [1.165, 1.54) is 12.3 Å². The molecule has 0 aromatic heterocycles. The van der Waals surface area contributed by atoms with Gasteiger partial charge in [0.05, 0.1) is 6.26 Å². The summed E-state index contributed by atoms with van der Waals surface area (Å²) in [5.74, 6) is 0. The van der Waals surface area contributed by atoms with E-state index in [-0.39, 0.29) is 24.1 Å². The minimum atomic E-state index is -5.94. The SMILES string of the molecule is CCc1cc(CN2CC3CCC(C2)N3S(C)(=O)=O)ccc1-c1ccc(C(O)(C(F)(F)F)C(F)(F)F)cc1CC. The first-order valence-corrected chi connectivity index (χ1v) is 14.7. The van der Waals surface area contributed by atoms with Crippen molar-refractivity contribution in [3.05, 3.63) is 58.7 Å². The molecule has 4 rings (SSSR count). The first-order chi connectivity index (χ1) is 18.0. The van der Waals surface area contributed by atoms with Crippen LogP contribution in [0, 0.1) is 0 Å². The van der Waals surface area contributed by atoms with Crippen LogP contribution in [0.3, 0.4) is 0 Å². The summed E-state index contributed by atoms with van der Waals surface area (Å²) in [5, 5.41) is 9.84. The number of aryl methyl sites for hydroxylation is 2. The van der Waals surface area contributed by atoms with Crippen molar-refractivity contribution in [1.29, 1.82) is 0 Å². The third-order valence-electron chi connectivity index (χ3n) is 7.85. The first kappa shape index (κ1) is 29.8. The highest BCUT2D eigenvalue weighted by molar-refractivity contribution is 7.88. The Balaban J connectivity index is 1.62. The Morgan fingerprint density at radius 1 is 0.846 bits per heavy atom. The summed E-state index contributed by atoms with van der Waals surface area (Å²) in [6.07, 6.45) is -8.27. The maximum Gasteiger partial charge on any atom is 0.430 e. The third kappa shape index (κ3) is 5.45. The van der Waals surface area contributed by atoms with Crippen LogP contribution < -0.4 is 0 Å². The van der Waals surface area contributed by atoms with E-state index in [2.05, 4.69) is 4.90 Å². The molecule has 5 nitrogen and oxygen atoms in total. The van der Waals surface area contributed by atoms with E-state index in [1.807, 2.05) is 25.1 Å². The molecule has 39 heavy (non-hydrogen) atoms. The van der Waals surface area contributed by atoms with Gasteiger partial charge in [0.15, 0.2) is 0 Å². The molecule has 216 valence electrons. The predicted octanol–water partition coefficient (Wildman–Crippen LogP) is 5.40. The number of rotatable bonds is 7. The van der Waals surface area contributed by atoms with Crippen molar-refractivity contribution in [2.24, 2.45) is 0 Å². The molecular formula is C27H32F6N2O3S. The lowest BCUT2D eigenvalue weighted by Crippen LogP contribution is -2.54. The van der Waals surface area contributed by atoms with Gasteiger partial charge in [-0.15, -0.1) is 0 Å². The average molecular weight is 579 g/mol. The number of piperazine rings is 1. The smallest absolute Gasteiger partial charge is 0.369 e. The number of sulfonamides is 1. The Morgan fingerprint density at radius 2 is 1.33 bits per heavy atom. The van der Waals surface area contributed by atoms with Gasteiger partial charge in [0.2, 0.25) is 10.0 Å². The highest BCUT2D eigenvalue weighted by atomic mass is 32.2. The molecule has 0 aliphatic carbocycles. The lowest BCUT2D eigenvalue weighted by molar-refractivity contribution is -0.376. The van der Waals surface area contributed by atoms with E-state index in [9.17, 15) is 39.9 Å². The van der Waals surface area contributed by atoms with Crippen LogP contribution in [-0.2, 0) is 35.0 Å². The maximum atomic E-state index is 13.4. The van der Waals surface area contributed by atoms with Gasteiger partial charge in [0.25, 0.3) is 5.60 Å². The first-order valence-electron chi connectivity index (χ1n) is 12.8. The Hall–Kier alpha value is -2.15. The average Bonchev–Trinajstić information content (AvgIpc) is 3.13. The van der Waals surface area contributed by atoms with Crippen molar-refractivity contribution in [2.45, 2.75) is 76.1 Å². The molecule has 2 aromatic rings. The Kier molecular flexibility index (Phi) is 7.92. The van der Waals surface area contributed by atoms with E-state index in [0.717, 1.165) is 30.0 Å². The molecule has 0 radical (unpaired) electrons. The fourth-order valence-corrected chi connectivity index (χ4v) is 7.47. The summed E-state index contributed by atoms with van der Waals surface area (Å²) >= 11 is 0. The van der Waals surface area contributed by atoms with Crippen LogP contribution in [0.4, 0.5) is 26.3 Å². The molecule has 2 fully saturated rings. The zero-order valence-corrected chi connectivity index (χ0v) is 22.7. The standard InChI is InChI=1S/C27H32F6N2O3S/c1-4-18-12-17(14-34-15-21-8-9-22(16-34)35(21)39(3,37)38)6-10-23(18)24-11-7-20(13-19(24)5-2)25(36,26(28,29)30)27(31,32)33/h6-7,10-13,21-22,36H,4-5,8-9,14-16H2,1-3H3. The molecule has 2 aromatic carbocycles. The number of nitrogens with zero attached hydrogens (tertiary/aromatic N) is 2. The van der Waals surface area contributed by atoms with E-state index in [0.29, 0.717) is 43.2 Å². The number of hydrogen-bond acceptors (Lipinski definition) is 4. The molecule has 2 unspecified atom stereocenters. The minimum absolute atomic E-state index is 0.0543. The number of halogens is 6. The summed E-state index contributed by atoms with van der Waals surface area (Å²) in [4.78, 5) is 2.22. The lowest BCUT2D eigenvalue weighted by atomic mass is 9.86. The van der Waals surface area contributed by atoms with E-state index in [4.69, 9.17) is 0 Å². The highest BCUT2D eigenvalue weighted by Crippen LogP contribution is 2.50. The predicted molar refractivity (Wildman–Crippen MR) is 135 cm³/mol. The van der Waals surface area contributed by atoms with Gasteiger partial charge in [-0.3, -0.25) is 4.90 Å². The minimum Gasteiger partial charge on any atom is -0.369 e. The van der Waals surface area contributed by atoms with Gasteiger partial charge in [-0.05, 0) is 53.5 Å². The number of likely N-dealkylation sites (tertiary alicyclic amines) is 1. The second kappa shape index (κ2) is 10.4.